The van der Waals surface area contributed by atoms with E-state index in [1.165, 1.54) is 0 Å². The van der Waals surface area contributed by atoms with Crippen LogP contribution in [-0.4, -0.2) is 17.4 Å². The summed E-state index contributed by atoms with van der Waals surface area (Å²) >= 11 is 13.5. The normalized spacial score (nSPS) is 10.6. The molecular weight excluding hydrogens is 317 g/mol. The number of aromatic nitrogens is 1. The van der Waals surface area contributed by atoms with E-state index in [1.807, 2.05) is 12.3 Å². The number of aryl methyl sites for hydroxylation is 1. The van der Waals surface area contributed by atoms with Crippen LogP contribution >= 0.6 is 34.5 Å². The number of thiazole rings is 1. The number of anilines is 1. The lowest BCUT2D eigenvalue weighted by atomic mass is 10.3. The van der Waals surface area contributed by atoms with Crippen LogP contribution in [0.15, 0.2) is 23.6 Å². The van der Waals surface area contributed by atoms with Gasteiger partial charge < -0.3 is 10.6 Å². The molecule has 0 aliphatic rings. The molecule has 1 amide bonds. The molecular formula is C13H13Cl2N3OS. The Hall–Kier alpha value is -1.14. The molecule has 0 fully saturated rings. The predicted octanol–water partition coefficient (Wildman–Crippen LogP) is 3.49. The van der Waals surface area contributed by atoms with Gasteiger partial charge in [-0.1, -0.05) is 29.3 Å². The number of hydrogen-bond acceptors (Lipinski definition) is 4. The molecule has 0 saturated carbocycles. The summed E-state index contributed by atoms with van der Waals surface area (Å²) in [5, 5.41) is 9.51. The van der Waals surface area contributed by atoms with Gasteiger partial charge in [-0.3, -0.25) is 4.79 Å². The van der Waals surface area contributed by atoms with Crippen molar-refractivity contribution in [1.82, 2.24) is 10.3 Å². The summed E-state index contributed by atoms with van der Waals surface area (Å²) in [5.74, 6) is -0.202. The smallest absolute Gasteiger partial charge is 0.238 e. The molecule has 0 saturated heterocycles. The van der Waals surface area contributed by atoms with E-state index >= 15 is 0 Å². The minimum absolute atomic E-state index is 0.165. The Labute approximate surface area is 131 Å². The minimum Gasteiger partial charge on any atom is -0.322 e. The van der Waals surface area contributed by atoms with Crippen molar-refractivity contribution in [3.8, 4) is 0 Å². The van der Waals surface area contributed by atoms with Gasteiger partial charge in [0.15, 0.2) is 0 Å². The summed E-state index contributed by atoms with van der Waals surface area (Å²) in [5.41, 5.74) is 1.36. The number of nitrogens with zero attached hydrogens (tertiary/aromatic N) is 1. The third-order valence-corrected chi connectivity index (χ3v) is 3.94. The molecule has 2 aromatic rings. The van der Waals surface area contributed by atoms with Crippen molar-refractivity contribution in [3.05, 3.63) is 44.3 Å². The molecule has 0 unspecified atom stereocenters. The van der Waals surface area contributed by atoms with Crippen LogP contribution in [0.2, 0.25) is 10.0 Å². The van der Waals surface area contributed by atoms with Crippen LogP contribution in [0.25, 0.3) is 0 Å². The number of halogens is 2. The van der Waals surface area contributed by atoms with Crippen LogP contribution in [-0.2, 0) is 11.3 Å². The molecule has 4 nitrogen and oxygen atoms in total. The summed E-state index contributed by atoms with van der Waals surface area (Å²) in [6.45, 7) is 2.66. The third-order valence-electron chi connectivity index (χ3n) is 2.49. The summed E-state index contributed by atoms with van der Waals surface area (Å²) in [4.78, 5) is 16.1. The number of carbonyl (C=O) groups is 1. The van der Waals surface area contributed by atoms with Crippen molar-refractivity contribution in [2.75, 3.05) is 11.9 Å². The Morgan fingerprint density at radius 2 is 2.05 bits per heavy atom. The fourth-order valence-electron chi connectivity index (χ4n) is 1.59. The van der Waals surface area contributed by atoms with E-state index in [-0.39, 0.29) is 12.5 Å². The first-order valence-electron chi connectivity index (χ1n) is 5.92. The number of amides is 1. The van der Waals surface area contributed by atoms with E-state index in [0.29, 0.717) is 22.3 Å². The highest BCUT2D eigenvalue weighted by atomic mass is 35.5. The second-order valence-electron chi connectivity index (χ2n) is 4.11. The van der Waals surface area contributed by atoms with Gasteiger partial charge in [0.05, 0.1) is 33.0 Å². The van der Waals surface area contributed by atoms with Crippen LogP contribution < -0.4 is 10.6 Å². The zero-order valence-corrected chi connectivity index (χ0v) is 13.1. The van der Waals surface area contributed by atoms with E-state index < -0.39 is 0 Å². The molecule has 0 radical (unpaired) electrons. The molecule has 0 spiro atoms. The standard InChI is InChI=1S/C13H13Cl2N3OS/c1-8-17-9(7-20-8)5-16-6-12(19)18-13-10(14)3-2-4-11(13)15/h2-4,7,16H,5-6H2,1H3,(H,18,19). The lowest BCUT2D eigenvalue weighted by Crippen LogP contribution is -2.28. The van der Waals surface area contributed by atoms with Gasteiger partial charge in [-0.25, -0.2) is 4.98 Å². The zero-order chi connectivity index (χ0) is 14.5. The molecule has 2 N–H and O–H groups in total. The molecule has 20 heavy (non-hydrogen) atoms. The van der Waals surface area contributed by atoms with Crippen molar-refractivity contribution in [3.63, 3.8) is 0 Å². The van der Waals surface area contributed by atoms with E-state index in [9.17, 15) is 4.79 Å². The average Bonchev–Trinajstić information content (AvgIpc) is 2.80. The maximum absolute atomic E-state index is 11.8. The Morgan fingerprint density at radius 1 is 1.35 bits per heavy atom. The van der Waals surface area contributed by atoms with Gasteiger partial charge in [-0.15, -0.1) is 11.3 Å². The van der Waals surface area contributed by atoms with Crippen LogP contribution in [0.3, 0.4) is 0 Å². The lowest BCUT2D eigenvalue weighted by Gasteiger charge is -2.09. The summed E-state index contributed by atoms with van der Waals surface area (Å²) in [6.07, 6.45) is 0. The van der Waals surface area contributed by atoms with Crippen molar-refractivity contribution < 1.29 is 4.79 Å². The molecule has 0 bridgehead atoms. The van der Waals surface area contributed by atoms with E-state index in [4.69, 9.17) is 23.2 Å². The third kappa shape index (κ3) is 4.18. The van der Waals surface area contributed by atoms with Gasteiger partial charge in [-0.2, -0.15) is 0 Å². The number of rotatable bonds is 5. The van der Waals surface area contributed by atoms with Gasteiger partial charge >= 0.3 is 0 Å². The molecule has 106 valence electrons. The van der Waals surface area contributed by atoms with E-state index in [1.54, 1.807) is 29.5 Å². The van der Waals surface area contributed by atoms with Crippen LogP contribution in [0.4, 0.5) is 5.69 Å². The second kappa shape index (κ2) is 7.04. The Balaban J connectivity index is 1.84. The van der Waals surface area contributed by atoms with Crippen LogP contribution in [0.1, 0.15) is 10.7 Å². The van der Waals surface area contributed by atoms with Gasteiger partial charge in [0.1, 0.15) is 0 Å². The van der Waals surface area contributed by atoms with Crippen molar-refractivity contribution in [2.24, 2.45) is 0 Å². The molecule has 1 aromatic carbocycles. The fourth-order valence-corrected chi connectivity index (χ4v) is 2.70. The zero-order valence-electron chi connectivity index (χ0n) is 10.7. The number of carbonyl (C=O) groups excluding carboxylic acids is 1. The number of benzene rings is 1. The van der Waals surface area contributed by atoms with Crippen LogP contribution in [0.5, 0.6) is 0 Å². The first-order chi connectivity index (χ1) is 9.56. The van der Waals surface area contributed by atoms with Gasteiger partial charge in [0.25, 0.3) is 0 Å². The molecule has 0 atom stereocenters. The van der Waals surface area contributed by atoms with Crippen molar-refractivity contribution >= 4 is 46.1 Å². The predicted molar refractivity (Wildman–Crippen MR) is 83.6 cm³/mol. The fraction of sp³-hybridized carbons (Fsp3) is 0.231. The molecule has 0 aliphatic heterocycles. The number of para-hydroxylation sites is 1. The van der Waals surface area contributed by atoms with Gasteiger partial charge in [0.2, 0.25) is 5.91 Å². The molecule has 7 heteroatoms. The summed E-state index contributed by atoms with van der Waals surface area (Å²) in [6, 6.07) is 5.08. The van der Waals surface area contributed by atoms with Gasteiger partial charge in [-0.05, 0) is 19.1 Å². The highest BCUT2D eigenvalue weighted by molar-refractivity contribution is 7.09. The number of nitrogens with one attached hydrogen (secondary N) is 2. The topological polar surface area (TPSA) is 54.0 Å². The van der Waals surface area contributed by atoms with Crippen molar-refractivity contribution in [2.45, 2.75) is 13.5 Å². The minimum atomic E-state index is -0.202. The van der Waals surface area contributed by atoms with Crippen molar-refractivity contribution in [1.29, 1.82) is 0 Å². The largest absolute Gasteiger partial charge is 0.322 e. The Bertz CT molecular complexity index is 595. The average molecular weight is 330 g/mol. The molecule has 2 rings (SSSR count). The quantitative estimate of drug-likeness (QED) is 0.882. The van der Waals surface area contributed by atoms with Crippen LogP contribution in [0, 0.1) is 6.92 Å². The first kappa shape index (κ1) is 15.3. The Morgan fingerprint density at radius 3 is 2.65 bits per heavy atom. The molecule has 1 aromatic heterocycles. The highest BCUT2D eigenvalue weighted by Crippen LogP contribution is 2.29. The molecule has 1 heterocycles. The SMILES string of the molecule is Cc1nc(CNCC(=O)Nc2c(Cl)cccc2Cl)cs1. The lowest BCUT2D eigenvalue weighted by molar-refractivity contribution is -0.115. The van der Waals surface area contributed by atoms with E-state index in [2.05, 4.69) is 15.6 Å². The van der Waals surface area contributed by atoms with Gasteiger partial charge in [0, 0.05) is 11.9 Å². The molecule has 0 aliphatic carbocycles. The maximum Gasteiger partial charge on any atom is 0.238 e. The second-order valence-corrected chi connectivity index (χ2v) is 5.98. The first-order valence-corrected chi connectivity index (χ1v) is 7.55. The number of hydrogen-bond donors (Lipinski definition) is 2. The summed E-state index contributed by atoms with van der Waals surface area (Å²) < 4.78 is 0. The Kier molecular flexibility index (Phi) is 5.37. The monoisotopic (exact) mass is 329 g/mol. The van der Waals surface area contributed by atoms with E-state index in [0.717, 1.165) is 10.7 Å². The summed E-state index contributed by atoms with van der Waals surface area (Å²) in [7, 11) is 0. The highest BCUT2D eigenvalue weighted by Gasteiger charge is 2.09. The maximum atomic E-state index is 11.8.